The number of carbonyl (C=O) groups excluding carboxylic acids is 1. The van der Waals surface area contributed by atoms with Crippen molar-refractivity contribution in [3.05, 3.63) is 95.7 Å². The molecule has 0 radical (unpaired) electrons. The second-order valence-electron chi connectivity index (χ2n) is 8.50. The lowest BCUT2D eigenvalue weighted by molar-refractivity contribution is 0.102. The minimum Gasteiger partial charge on any atom is -0.285 e. The highest BCUT2D eigenvalue weighted by molar-refractivity contribution is 6.06. The van der Waals surface area contributed by atoms with Gasteiger partial charge in [0.1, 0.15) is 5.82 Å². The Morgan fingerprint density at radius 1 is 0.944 bits per heavy atom. The number of hydrogen-bond donors (Lipinski definition) is 1. The molecule has 1 N–H and O–H groups in total. The minimum absolute atomic E-state index is 0.168. The molecule has 5 aromatic rings. The summed E-state index contributed by atoms with van der Waals surface area (Å²) in [6, 6.07) is 21.0. The molecule has 9 nitrogen and oxygen atoms in total. The van der Waals surface area contributed by atoms with Gasteiger partial charge in [0.05, 0.1) is 5.69 Å². The molecule has 0 aliphatic rings. The summed E-state index contributed by atoms with van der Waals surface area (Å²) in [5, 5.41) is 18.8. The van der Waals surface area contributed by atoms with E-state index in [2.05, 4.69) is 37.6 Å². The number of benzene rings is 2. The molecule has 0 saturated heterocycles. The molecule has 36 heavy (non-hydrogen) atoms. The van der Waals surface area contributed by atoms with Crippen molar-refractivity contribution in [1.82, 2.24) is 40.4 Å². The second kappa shape index (κ2) is 10.8. The summed E-state index contributed by atoms with van der Waals surface area (Å²) in [5.74, 6) is 1.41. The first-order valence-electron chi connectivity index (χ1n) is 12.0. The zero-order chi connectivity index (χ0) is 24.7. The van der Waals surface area contributed by atoms with Crippen LogP contribution in [0.15, 0.2) is 72.9 Å². The fourth-order valence-corrected chi connectivity index (χ4v) is 4.07. The van der Waals surface area contributed by atoms with Gasteiger partial charge in [-0.05, 0) is 28.5 Å². The van der Waals surface area contributed by atoms with Gasteiger partial charge in [0, 0.05) is 35.9 Å². The molecule has 3 aromatic heterocycles. The summed E-state index contributed by atoms with van der Waals surface area (Å²) in [7, 11) is 0. The number of aromatic nitrogens is 8. The van der Waals surface area contributed by atoms with Crippen LogP contribution in [0, 0.1) is 0 Å². The van der Waals surface area contributed by atoms with Crippen molar-refractivity contribution in [3.63, 3.8) is 0 Å². The molecule has 2 aromatic carbocycles. The lowest BCUT2D eigenvalue weighted by atomic mass is 10.0. The van der Waals surface area contributed by atoms with Crippen LogP contribution in [0.4, 0.5) is 0 Å². The first-order valence-corrected chi connectivity index (χ1v) is 12.0. The molecule has 0 spiro atoms. The summed E-state index contributed by atoms with van der Waals surface area (Å²) < 4.78 is 1.87. The summed E-state index contributed by atoms with van der Waals surface area (Å²) in [6.07, 6.45) is 5.56. The number of nitrogens with zero attached hydrogens (tertiary/aromatic N) is 7. The van der Waals surface area contributed by atoms with Crippen LogP contribution in [0.25, 0.3) is 22.6 Å². The van der Waals surface area contributed by atoms with Crippen molar-refractivity contribution in [2.24, 2.45) is 0 Å². The van der Waals surface area contributed by atoms with E-state index in [-0.39, 0.29) is 11.6 Å². The molecule has 3 heterocycles. The van der Waals surface area contributed by atoms with Crippen molar-refractivity contribution < 1.29 is 4.79 Å². The van der Waals surface area contributed by atoms with E-state index in [1.807, 2.05) is 65.5 Å². The predicted molar refractivity (Wildman–Crippen MR) is 135 cm³/mol. The van der Waals surface area contributed by atoms with E-state index in [0.29, 0.717) is 17.8 Å². The minimum atomic E-state index is -0.168. The molecular weight excluding hydrogens is 452 g/mol. The van der Waals surface area contributed by atoms with Gasteiger partial charge in [-0.15, -0.1) is 10.2 Å². The maximum Gasteiger partial charge on any atom is 0.232 e. The van der Waals surface area contributed by atoms with Crippen LogP contribution in [0.5, 0.6) is 0 Å². The van der Waals surface area contributed by atoms with E-state index in [1.165, 1.54) is 0 Å². The highest BCUT2D eigenvalue weighted by Gasteiger charge is 2.18. The van der Waals surface area contributed by atoms with Crippen molar-refractivity contribution in [3.8, 4) is 22.6 Å². The van der Waals surface area contributed by atoms with Crippen molar-refractivity contribution in [2.75, 3.05) is 0 Å². The van der Waals surface area contributed by atoms with Crippen molar-refractivity contribution in [2.45, 2.75) is 39.2 Å². The average molecular weight is 479 g/mol. The van der Waals surface area contributed by atoms with E-state index in [4.69, 9.17) is 4.98 Å². The molecule has 9 heteroatoms. The van der Waals surface area contributed by atoms with Gasteiger partial charge in [-0.1, -0.05) is 80.4 Å². The largest absolute Gasteiger partial charge is 0.285 e. The Hall–Kier alpha value is -4.53. The van der Waals surface area contributed by atoms with Crippen LogP contribution < -0.4 is 0 Å². The Balaban J connectivity index is 1.40. The number of hydrogen-bond acceptors (Lipinski definition) is 7. The van der Waals surface area contributed by atoms with E-state index < -0.39 is 0 Å². The topological polar surface area (TPSA) is 115 Å². The van der Waals surface area contributed by atoms with Crippen LogP contribution in [-0.2, 0) is 13.0 Å². The number of H-pyrrole nitrogens is 1. The molecule has 0 amide bonds. The highest BCUT2D eigenvalue weighted by Crippen LogP contribution is 2.28. The first-order chi connectivity index (χ1) is 17.7. The Morgan fingerprint density at radius 2 is 1.75 bits per heavy atom. The van der Waals surface area contributed by atoms with E-state index in [0.717, 1.165) is 54.0 Å². The molecule has 0 bridgehead atoms. The molecule has 0 fully saturated rings. The number of rotatable bonds is 10. The van der Waals surface area contributed by atoms with Gasteiger partial charge in [-0.3, -0.25) is 9.78 Å². The molecular formula is C27H26N8O. The van der Waals surface area contributed by atoms with Gasteiger partial charge in [-0.2, -0.15) is 0 Å². The third kappa shape index (κ3) is 5.10. The third-order valence-corrected chi connectivity index (χ3v) is 5.95. The van der Waals surface area contributed by atoms with Crippen LogP contribution in [0.3, 0.4) is 0 Å². The molecule has 0 saturated carbocycles. The number of pyridine rings is 1. The van der Waals surface area contributed by atoms with E-state index in [1.54, 1.807) is 12.1 Å². The van der Waals surface area contributed by atoms with Gasteiger partial charge in [0.2, 0.25) is 11.6 Å². The van der Waals surface area contributed by atoms with Crippen LogP contribution in [-0.4, -0.2) is 46.2 Å². The monoisotopic (exact) mass is 478 g/mol. The lowest BCUT2D eigenvalue weighted by Crippen LogP contribution is -2.08. The Bertz CT molecular complexity index is 1430. The van der Waals surface area contributed by atoms with Gasteiger partial charge < -0.3 is 0 Å². The Kier molecular flexibility index (Phi) is 6.98. The predicted octanol–water partition coefficient (Wildman–Crippen LogP) is 4.53. The normalized spacial score (nSPS) is 11.0. The summed E-state index contributed by atoms with van der Waals surface area (Å²) in [5.41, 5.74) is 4.19. The molecule has 0 aliphatic carbocycles. The van der Waals surface area contributed by atoms with Gasteiger partial charge >= 0.3 is 0 Å². The standard InChI is InChI=1S/C27H26N8O/c1-2-3-9-16-35-24(29-27(32-35)25(36)20-10-5-4-6-11-20)17-19-14-15-23(28-18-19)21-12-7-8-13-22(21)26-30-33-34-31-26/h4-8,10-15,18H,2-3,9,16-17H2,1H3,(H,30,31,33,34). The van der Waals surface area contributed by atoms with E-state index in [9.17, 15) is 4.79 Å². The number of aryl methyl sites for hydroxylation is 1. The fourth-order valence-electron chi connectivity index (χ4n) is 4.07. The molecule has 0 unspecified atom stereocenters. The van der Waals surface area contributed by atoms with E-state index >= 15 is 0 Å². The lowest BCUT2D eigenvalue weighted by Gasteiger charge is -2.08. The zero-order valence-electron chi connectivity index (χ0n) is 20.0. The molecule has 180 valence electrons. The summed E-state index contributed by atoms with van der Waals surface area (Å²) in [4.78, 5) is 22.3. The van der Waals surface area contributed by atoms with Gasteiger partial charge in [0.15, 0.2) is 5.82 Å². The molecule has 0 atom stereocenters. The fraction of sp³-hybridized carbons (Fsp3) is 0.222. The first kappa shape index (κ1) is 23.2. The summed E-state index contributed by atoms with van der Waals surface area (Å²) >= 11 is 0. The van der Waals surface area contributed by atoms with Crippen LogP contribution in [0.2, 0.25) is 0 Å². The highest BCUT2D eigenvalue weighted by atomic mass is 16.1. The van der Waals surface area contributed by atoms with Crippen LogP contribution in [0.1, 0.15) is 53.8 Å². The zero-order valence-corrected chi connectivity index (χ0v) is 20.0. The smallest absolute Gasteiger partial charge is 0.232 e. The number of unbranched alkanes of at least 4 members (excludes halogenated alkanes) is 2. The summed E-state index contributed by atoms with van der Waals surface area (Å²) in [6.45, 7) is 2.89. The Morgan fingerprint density at radius 3 is 2.47 bits per heavy atom. The average Bonchev–Trinajstić information content (AvgIpc) is 3.60. The number of ketones is 1. The van der Waals surface area contributed by atoms with Crippen molar-refractivity contribution >= 4 is 5.78 Å². The van der Waals surface area contributed by atoms with Gasteiger partial charge in [0.25, 0.3) is 0 Å². The Labute approximate surface area is 208 Å². The number of tetrazole rings is 1. The number of aromatic amines is 1. The van der Waals surface area contributed by atoms with Crippen molar-refractivity contribution in [1.29, 1.82) is 0 Å². The SMILES string of the molecule is CCCCCn1nc(C(=O)c2ccccc2)nc1Cc1ccc(-c2ccccc2-c2nnn[nH]2)nc1. The third-order valence-electron chi connectivity index (χ3n) is 5.95. The number of carbonyl (C=O) groups is 1. The second-order valence-corrected chi connectivity index (χ2v) is 8.50. The molecule has 0 aliphatic heterocycles. The maximum absolute atomic E-state index is 13.0. The maximum atomic E-state index is 13.0. The number of nitrogens with one attached hydrogen (secondary N) is 1. The van der Waals surface area contributed by atoms with Crippen LogP contribution >= 0.6 is 0 Å². The van der Waals surface area contributed by atoms with Gasteiger partial charge in [-0.25, -0.2) is 14.8 Å². The quantitative estimate of drug-likeness (QED) is 0.232. The molecule has 5 rings (SSSR count).